The van der Waals surface area contributed by atoms with Crippen LogP contribution in [0.15, 0.2) is 18.2 Å². The molecule has 1 heterocycles. The molecule has 1 aromatic carbocycles. The third-order valence-corrected chi connectivity index (χ3v) is 3.69. The molecule has 1 atom stereocenters. The number of aryl methyl sites for hydroxylation is 1. The van der Waals surface area contributed by atoms with Crippen molar-refractivity contribution in [2.45, 2.75) is 25.8 Å². The fourth-order valence-electron chi connectivity index (χ4n) is 2.41. The maximum absolute atomic E-state index is 12.3. The van der Waals surface area contributed by atoms with Gasteiger partial charge >= 0.3 is 0 Å². The standard InChI is InChI=1S/C14H18N4O/c1-8-2-5-11-10(6-8)13(18-17-11)14(19)16-12(7-15)9-3-4-9/h2,5-6,9,12H,3-4,7,15H2,1H3,(H,16,19)(H,17,18)/t12-/m0/s1. The lowest BCUT2D eigenvalue weighted by Gasteiger charge is -2.15. The first-order valence-electron chi connectivity index (χ1n) is 6.64. The van der Waals surface area contributed by atoms with Crippen LogP contribution in [0.3, 0.4) is 0 Å². The van der Waals surface area contributed by atoms with Crippen LogP contribution in [0.2, 0.25) is 0 Å². The molecule has 2 aromatic rings. The highest BCUT2D eigenvalue weighted by molar-refractivity contribution is 6.04. The Labute approximate surface area is 111 Å². The highest BCUT2D eigenvalue weighted by Crippen LogP contribution is 2.32. The Kier molecular flexibility index (Phi) is 2.98. The van der Waals surface area contributed by atoms with E-state index < -0.39 is 0 Å². The Hall–Kier alpha value is -1.88. The van der Waals surface area contributed by atoms with Crippen LogP contribution in [0.5, 0.6) is 0 Å². The second-order valence-corrected chi connectivity index (χ2v) is 5.27. The van der Waals surface area contributed by atoms with Crippen molar-refractivity contribution in [2.24, 2.45) is 11.7 Å². The number of aromatic nitrogens is 2. The van der Waals surface area contributed by atoms with E-state index in [9.17, 15) is 4.79 Å². The maximum Gasteiger partial charge on any atom is 0.272 e. The number of nitrogens with one attached hydrogen (secondary N) is 2. The Morgan fingerprint density at radius 3 is 3.05 bits per heavy atom. The van der Waals surface area contributed by atoms with Gasteiger partial charge in [0.2, 0.25) is 0 Å². The van der Waals surface area contributed by atoms with E-state index in [4.69, 9.17) is 5.73 Å². The number of rotatable bonds is 4. The highest BCUT2D eigenvalue weighted by Gasteiger charge is 2.32. The van der Waals surface area contributed by atoms with E-state index in [2.05, 4.69) is 15.5 Å². The molecule has 0 unspecified atom stereocenters. The number of nitrogens with zero attached hydrogens (tertiary/aromatic N) is 1. The van der Waals surface area contributed by atoms with E-state index in [1.807, 2.05) is 25.1 Å². The Morgan fingerprint density at radius 2 is 2.37 bits per heavy atom. The van der Waals surface area contributed by atoms with Crippen molar-refractivity contribution < 1.29 is 4.79 Å². The number of carbonyl (C=O) groups is 1. The summed E-state index contributed by atoms with van der Waals surface area (Å²) < 4.78 is 0. The first-order valence-corrected chi connectivity index (χ1v) is 6.64. The summed E-state index contributed by atoms with van der Waals surface area (Å²) in [5.41, 5.74) is 8.16. The summed E-state index contributed by atoms with van der Waals surface area (Å²) in [5.74, 6) is 0.403. The van der Waals surface area contributed by atoms with Crippen LogP contribution >= 0.6 is 0 Å². The first kappa shape index (κ1) is 12.2. The fourth-order valence-corrected chi connectivity index (χ4v) is 2.41. The van der Waals surface area contributed by atoms with E-state index >= 15 is 0 Å². The monoisotopic (exact) mass is 258 g/mol. The quantitative estimate of drug-likeness (QED) is 0.773. The molecule has 1 aromatic heterocycles. The number of amides is 1. The predicted octanol–water partition coefficient (Wildman–Crippen LogP) is 1.34. The minimum Gasteiger partial charge on any atom is -0.346 e. The molecule has 100 valence electrons. The van der Waals surface area contributed by atoms with Gasteiger partial charge in [-0.05, 0) is 37.8 Å². The summed E-state index contributed by atoms with van der Waals surface area (Å²) in [4.78, 5) is 12.3. The van der Waals surface area contributed by atoms with Crippen molar-refractivity contribution in [3.05, 3.63) is 29.5 Å². The van der Waals surface area contributed by atoms with Gasteiger partial charge in [-0.2, -0.15) is 5.10 Å². The number of H-pyrrole nitrogens is 1. The minimum absolute atomic E-state index is 0.0732. The lowest BCUT2D eigenvalue weighted by Crippen LogP contribution is -2.41. The summed E-state index contributed by atoms with van der Waals surface area (Å²) in [6.45, 7) is 2.48. The molecule has 0 radical (unpaired) electrons. The SMILES string of the molecule is Cc1ccc2[nH]nc(C(=O)N[C@@H](CN)C3CC3)c2c1. The topological polar surface area (TPSA) is 83.8 Å². The van der Waals surface area contributed by atoms with Crippen LogP contribution in [0, 0.1) is 12.8 Å². The zero-order valence-corrected chi connectivity index (χ0v) is 10.9. The molecular weight excluding hydrogens is 240 g/mol. The molecule has 0 spiro atoms. The Morgan fingerprint density at radius 1 is 1.58 bits per heavy atom. The van der Waals surface area contributed by atoms with E-state index in [0.29, 0.717) is 18.2 Å². The van der Waals surface area contributed by atoms with Gasteiger partial charge < -0.3 is 11.1 Å². The van der Waals surface area contributed by atoms with Gasteiger partial charge in [0.15, 0.2) is 5.69 Å². The third-order valence-electron chi connectivity index (χ3n) is 3.69. The van der Waals surface area contributed by atoms with E-state index in [1.165, 1.54) is 0 Å². The minimum atomic E-state index is -0.140. The number of benzene rings is 1. The summed E-state index contributed by atoms with van der Waals surface area (Å²) >= 11 is 0. The summed E-state index contributed by atoms with van der Waals surface area (Å²) in [6.07, 6.45) is 2.31. The number of nitrogens with two attached hydrogens (primary N) is 1. The highest BCUT2D eigenvalue weighted by atomic mass is 16.2. The maximum atomic E-state index is 12.3. The number of hydrogen-bond acceptors (Lipinski definition) is 3. The molecule has 1 amide bonds. The normalized spacial score (nSPS) is 16.5. The largest absolute Gasteiger partial charge is 0.346 e. The second kappa shape index (κ2) is 4.66. The molecule has 5 nitrogen and oxygen atoms in total. The molecule has 1 aliphatic carbocycles. The number of fused-ring (bicyclic) bond motifs is 1. The molecule has 1 fully saturated rings. The van der Waals surface area contributed by atoms with Crippen LogP contribution in [0.1, 0.15) is 28.9 Å². The number of carbonyl (C=O) groups excluding carboxylic acids is 1. The second-order valence-electron chi connectivity index (χ2n) is 5.27. The zero-order chi connectivity index (χ0) is 13.4. The van der Waals surface area contributed by atoms with Crippen molar-refractivity contribution in [1.29, 1.82) is 0 Å². The van der Waals surface area contributed by atoms with Gasteiger partial charge in [0.1, 0.15) is 0 Å². The molecule has 4 N–H and O–H groups in total. The number of hydrogen-bond donors (Lipinski definition) is 3. The van der Waals surface area contributed by atoms with Gasteiger partial charge in [-0.25, -0.2) is 0 Å². The van der Waals surface area contributed by atoms with Crippen LogP contribution in [0.4, 0.5) is 0 Å². The first-order chi connectivity index (χ1) is 9.19. The average Bonchev–Trinajstić information content (AvgIpc) is 3.15. The van der Waals surface area contributed by atoms with Crippen LogP contribution in [-0.2, 0) is 0 Å². The van der Waals surface area contributed by atoms with Gasteiger partial charge in [-0.15, -0.1) is 0 Å². The molecule has 1 saturated carbocycles. The predicted molar refractivity (Wildman–Crippen MR) is 73.9 cm³/mol. The molecule has 0 aliphatic heterocycles. The smallest absolute Gasteiger partial charge is 0.272 e. The van der Waals surface area contributed by atoms with Crippen molar-refractivity contribution >= 4 is 16.8 Å². The number of aromatic amines is 1. The molecule has 3 rings (SSSR count). The van der Waals surface area contributed by atoms with Crippen molar-refractivity contribution in [3.8, 4) is 0 Å². The fraction of sp³-hybridized carbons (Fsp3) is 0.429. The summed E-state index contributed by atoms with van der Waals surface area (Å²) in [6, 6.07) is 5.98. The third kappa shape index (κ3) is 2.33. The average molecular weight is 258 g/mol. The van der Waals surface area contributed by atoms with Crippen LogP contribution < -0.4 is 11.1 Å². The van der Waals surface area contributed by atoms with E-state index in [1.54, 1.807) is 0 Å². The van der Waals surface area contributed by atoms with Gasteiger partial charge in [0, 0.05) is 18.0 Å². The molecule has 0 saturated heterocycles. The van der Waals surface area contributed by atoms with Crippen LogP contribution in [0.25, 0.3) is 10.9 Å². The molecule has 19 heavy (non-hydrogen) atoms. The molecule has 0 bridgehead atoms. The molecular formula is C14H18N4O. The lowest BCUT2D eigenvalue weighted by atomic mass is 10.1. The van der Waals surface area contributed by atoms with E-state index in [-0.39, 0.29) is 11.9 Å². The van der Waals surface area contributed by atoms with Crippen molar-refractivity contribution in [3.63, 3.8) is 0 Å². The van der Waals surface area contributed by atoms with E-state index in [0.717, 1.165) is 29.3 Å². The van der Waals surface area contributed by atoms with Crippen molar-refractivity contribution in [2.75, 3.05) is 6.54 Å². The zero-order valence-electron chi connectivity index (χ0n) is 10.9. The lowest BCUT2D eigenvalue weighted by molar-refractivity contribution is 0.0930. The Balaban J connectivity index is 1.86. The Bertz CT molecular complexity index is 615. The molecule has 5 heteroatoms. The van der Waals surface area contributed by atoms with Gasteiger partial charge in [-0.1, -0.05) is 11.6 Å². The van der Waals surface area contributed by atoms with Crippen LogP contribution in [-0.4, -0.2) is 28.7 Å². The van der Waals surface area contributed by atoms with Gasteiger partial charge in [0.25, 0.3) is 5.91 Å². The summed E-state index contributed by atoms with van der Waals surface area (Å²) in [5, 5.41) is 10.9. The summed E-state index contributed by atoms with van der Waals surface area (Å²) in [7, 11) is 0. The molecule has 1 aliphatic rings. The van der Waals surface area contributed by atoms with Gasteiger partial charge in [-0.3, -0.25) is 9.89 Å². The van der Waals surface area contributed by atoms with Gasteiger partial charge in [0.05, 0.1) is 5.52 Å². The van der Waals surface area contributed by atoms with Crippen molar-refractivity contribution in [1.82, 2.24) is 15.5 Å².